The molecule has 0 saturated heterocycles. The van der Waals surface area contributed by atoms with E-state index in [1.165, 1.54) is 0 Å². The van der Waals surface area contributed by atoms with Gasteiger partial charge in [0.05, 0.1) is 6.42 Å². The first kappa shape index (κ1) is 16.1. The molecule has 0 aromatic heterocycles. The number of rotatable bonds is 5. The summed E-state index contributed by atoms with van der Waals surface area (Å²) in [5.74, 6) is 0.537. The Kier molecular flexibility index (Phi) is 4.51. The topological polar surface area (TPSA) is 58.6 Å². The molecule has 1 heterocycles. The van der Waals surface area contributed by atoms with Crippen LogP contribution in [-0.4, -0.2) is 25.0 Å². The molecule has 1 aliphatic rings. The van der Waals surface area contributed by atoms with E-state index in [2.05, 4.69) is 5.32 Å². The van der Waals surface area contributed by atoms with Crippen molar-refractivity contribution in [2.24, 2.45) is 0 Å². The van der Waals surface area contributed by atoms with E-state index in [9.17, 15) is 9.59 Å². The molecule has 0 aliphatic carbocycles. The average Bonchev–Trinajstić information content (AvgIpc) is 2.87. The molecule has 1 aliphatic heterocycles. The monoisotopic (exact) mass is 324 g/mol. The number of aryl methyl sites for hydroxylation is 1. The molecule has 0 bridgehead atoms. The van der Waals surface area contributed by atoms with Gasteiger partial charge in [-0.3, -0.25) is 9.59 Å². The first-order valence-corrected chi connectivity index (χ1v) is 7.99. The first-order chi connectivity index (χ1) is 11.6. The van der Waals surface area contributed by atoms with Crippen molar-refractivity contribution in [3.8, 4) is 5.75 Å². The summed E-state index contributed by atoms with van der Waals surface area (Å²) in [6, 6.07) is 13.1. The predicted molar refractivity (Wildman–Crippen MR) is 93.5 cm³/mol. The molecule has 124 valence electrons. The number of fused-ring (bicyclic) bond motifs is 1. The van der Waals surface area contributed by atoms with Crippen molar-refractivity contribution in [1.82, 2.24) is 0 Å². The molecular formula is C19H20N2O3. The van der Waals surface area contributed by atoms with Crippen LogP contribution in [0.4, 0.5) is 11.4 Å². The quantitative estimate of drug-likeness (QED) is 0.920. The lowest BCUT2D eigenvalue weighted by Crippen LogP contribution is -2.25. The predicted octanol–water partition coefficient (Wildman–Crippen LogP) is 2.92. The Morgan fingerprint density at radius 3 is 2.83 bits per heavy atom. The minimum atomic E-state index is -0.229. The van der Waals surface area contributed by atoms with Crippen LogP contribution in [0, 0.1) is 6.92 Å². The Hall–Kier alpha value is -2.82. The molecule has 2 amide bonds. The molecule has 0 radical (unpaired) electrons. The van der Waals surface area contributed by atoms with Crippen molar-refractivity contribution in [2.75, 3.05) is 23.4 Å². The number of amides is 2. The molecule has 24 heavy (non-hydrogen) atoms. The lowest BCUT2D eigenvalue weighted by Gasteiger charge is -2.15. The summed E-state index contributed by atoms with van der Waals surface area (Å²) in [7, 11) is 0. The maximum atomic E-state index is 12.0. The van der Waals surface area contributed by atoms with Gasteiger partial charge in [0.1, 0.15) is 5.75 Å². The Balaban J connectivity index is 1.61. The summed E-state index contributed by atoms with van der Waals surface area (Å²) in [5, 5.41) is 2.81. The van der Waals surface area contributed by atoms with Gasteiger partial charge in [-0.05, 0) is 55.3 Å². The van der Waals surface area contributed by atoms with Crippen LogP contribution in [0.2, 0.25) is 0 Å². The molecule has 1 N–H and O–H groups in total. The molecule has 0 saturated carbocycles. The van der Waals surface area contributed by atoms with Crippen LogP contribution in [0.5, 0.6) is 5.75 Å². The zero-order valence-corrected chi connectivity index (χ0v) is 13.8. The minimum absolute atomic E-state index is 0.0550. The normalized spacial score (nSPS) is 12.9. The van der Waals surface area contributed by atoms with E-state index in [1.54, 1.807) is 4.90 Å². The second-order valence-corrected chi connectivity index (χ2v) is 5.81. The van der Waals surface area contributed by atoms with Crippen LogP contribution >= 0.6 is 0 Å². The number of ether oxygens (including phenoxy) is 1. The van der Waals surface area contributed by atoms with Gasteiger partial charge in [0.25, 0.3) is 5.91 Å². The molecule has 5 heteroatoms. The number of anilines is 2. The summed E-state index contributed by atoms with van der Waals surface area (Å²) < 4.78 is 5.49. The highest BCUT2D eigenvalue weighted by atomic mass is 16.5. The zero-order chi connectivity index (χ0) is 17.1. The van der Waals surface area contributed by atoms with Gasteiger partial charge < -0.3 is 15.0 Å². The molecule has 0 fully saturated rings. The average molecular weight is 324 g/mol. The lowest BCUT2D eigenvalue weighted by molar-refractivity contribution is -0.118. The second-order valence-electron chi connectivity index (χ2n) is 5.81. The fraction of sp³-hybridized carbons (Fsp3) is 0.263. The van der Waals surface area contributed by atoms with E-state index in [4.69, 9.17) is 4.74 Å². The fourth-order valence-electron chi connectivity index (χ4n) is 2.86. The van der Waals surface area contributed by atoms with Gasteiger partial charge in [0, 0.05) is 17.9 Å². The van der Waals surface area contributed by atoms with Crippen molar-refractivity contribution in [2.45, 2.75) is 20.3 Å². The number of carbonyl (C=O) groups is 2. The smallest absolute Gasteiger partial charge is 0.262 e. The molecule has 0 atom stereocenters. The van der Waals surface area contributed by atoms with Crippen LogP contribution in [0.1, 0.15) is 18.1 Å². The third-order valence-electron chi connectivity index (χ3n) is 3.97. The number of nitrogens with one attached hydrogen (secondary N) is 1. The highest BCUT2D eigenvalue weighted by molar-refractivity contribution is 6.02. The zero-order valence-electron chi connectivity index (χ0n) is 13.8. The van der Waals surface area contributed by atoms with Crippen LogP contribution in [-0.2, 0) is 16.0 Å². The molecule has 0 unspecified atom stereocenters. The number of likely N-dealkylation sites (N-methyl/N-ethyl adjacent to an activating group) is 1. The number of nitrogens with zero attached hydrogens (tertiary/aromatic N) is 1. The second kappa shape index (κ2) is 6.74. The highest BCUT2D eigenvalue weighted by Gasteiger charge is 2.25. The summed E-state index contributed by atoms with van der Waals surface area (Å²) in [6.07, 6.45) is 0.382. The van der Waals surface area contributed by atoms with Crippen LogP contribution < -0.4 is 15.0 Å². The number of benzene rings is 2. The van der Waals surface area contributed by atoms with Gasteiger partial charge in [-0.2, -0.15) is 0 Å². The standard InChI is InChI=1S/C19H20N2O3/c1-3-21-17-8-7-15(10-14(17)11-19(21)23)20-18(22)12-24-16-6-4-5-13(2)9-16/h4-10H,3,11-12H2,1-2H3,(H,20,22). The Bertz CT molecular complexity index is 786. The SMILES string of the molecule is CCN1C(=O)Cc2cc(NC(=O)COc3cccc(C)c3)ccc21. The van der Waals surface area contributed by atoms with E-state index in [1.807, 2.05) is 56.3 Å². The summed E-state index contributed by atoms with van der Waals surface area (Å²) in [4.78, 5) is 25.7. The van der Waals surface area contributed by atoms with Crippen LogP contribution in [0.25, 0.3) is 0 Å². The van der Waals surface area contributed by atoms with E-state index in [0.29, 0.717) is 24.4 Å². The number of hydrogen-bond donors (Lipinski definition) is 1. The van der Waals surface area contributed by atoms with Gasteiger partial charge in [-0.25, -0.2) is 0 Å². The van der Waals surface area contributed by atoms with Crippen LogP contribution in [0.15, 0.2) is 42.5 Å². The third kappa shape index (κ3) is 3.40. The van der Waals surface area contributed by atoms with Gasteiger partial charge in [-0.15, -0.1) is 0 Å². The maximum Gasteiger partial charge on any atom is 0.262 e. The van der Waals surface area contributed by atoms with Gasteiger partial charge in [-0.1, -0.05) is 12.1 Å². The molecule has 2 aromatic rings. The first-order valence-electron chi connectivity index (χ1n) is 7.99. The summed E-state index contributed by atoms with van der Waals surface area (Å²) in [6.45, 7) is 4.52. The summed E-state index contributed by atoms with van der Waals surface area (Å²) >= 11 is 0. The Labute approximate surface area is 141 Å². The van der Waals surface area contributed by atoms with Crippen molar-refractivity contribution in [1.29, 1.82) is 0 Å². The summed E-state index contributed by atoms with van der Waals surface area (Å²) in [5.41, 5.74) is 3.63. The Morgan fingerprint density at radius 2 is 2.08 bits per heavy atom. The third-order valence-corrected chi connectivity index (χ3v) is 3.97. The van der Waals surface area contributed by atoms with Crippen LogP contribution in [0.3, 0.4) is 0 Å². The van der Waals surface area contributed by atoms with Crippen molar-refractivity contribution < 1.29 is 14.3 Å². The van der Waals surface area contributed by atoms with E-state index in [0.717, 1.165) is 16.8 Å². The van der Waals surface area contributed by atoms with E-state index >= 15 is 0 Å². The van der Waals surface area contributed by atoms with E-state index in [-0.39, 0.29) is 18.4 Å². The fourth-order valence-corrected chi connectivity index (χ4v) is 2.86. The lowest BCUT2D eigenvalue weighted by atomic mass is 10.1. The van der Waals surface area contributed by atoms with Gasteiger partial charge >= 0.3 is 0 Å². The molecular weight excluding hydrogens is 304 g/mol. The maximum absolute atomic E-state index is 12.0. The van der Waals surface area contributed by atoms with Crippen molar-refractivity contribution in [3.63, 3.8) is 0 Å². The molecule has 3 rings (SSSR count). The number of carbonyl (C=O) groups excluding carboxylic acids is 2. The Morgan fingerprint density at radius 1 is 1.25 bits per heavy atom. The van der Waals surface area contributed by atoms with E-state index < -0.39 is 0 Å². The molecule has 0 spiro atoms. The highest BCUT2D eigenvalue weighted by Crippen LogP contribution is 2.30. The van der Waals surface area contributed by atoms with Crippen molar-refractivity contribution in [3.05, 3.63) is 53.6 Å². The van der Waals surface area contributed by atoms with Crippen molar-refractivity contribution >= 4 is 23.2 Å². The number of hydrogen-bond acceptors (Lipinski definition) is 3. The van der Waals surface area contributed by atoms with Gasteiger partial charge in [0.2, 0.25) is 5.91 Å². The molecule has 5 nitrogen and oxygen atoms in total. The molecule has 2 aromatic carbocycles. The largest absolute Gasteiger partial charge is 0.484 e. The minimum Gasteiger partial charge on any atom is -0.484 e. The van der Waals surface area contributed by atoms with Gasteiger partial charge in [0.15, 0.2) is 6.61 Å².